The van der Waals surface area contributed by atoms with E-state index in [4.69, 9.17) is 4.74 Å². The minimum absolute atomic E-state index is 0.0286. The van der Waals surface area contributed by atoms with Gasteiger partial charge >= 0.3 is 5.97 Å². The summed E-state index contributed by atoms with van der Waals surface area (Å²) in [4.78, 5) is 11.9. The number of ether oxygens (including phenoxy) is 1. The zero-order valence-corrected chi connectivity index (χ0v) is 12.5. The van der Waals surface area contributed by atoms with Crippen molar-refractivity contribution in [1.82, 2.24) is 0 Å². The molecule has 0 aromatic heterocycles. The molecule has 0 spiro atoms. The lowest BCUT2D eigenvalue weighted by atomic mass is 9.49. The average molecular weight is 272 g/mol. The molecule has 3 aliphatic rings. The zero-order valence-electron chi connectivity index (χ0n) is 12.5. The second-order valence-electron chi connectivity index (χ2n) is 6.75. The smallest absolute Gasteiger partial charge is 0.308 e. The number of carbonyl (C=O) groups is 1. The molecule has 3 aliphatic carbocycles. The van der Waals surface area contributed by atoms with E-state index in [-0.39, 0.29) is 17.3 Å². The summed E-state index contributed by atoms with van der Waals surface area (Å²) in [5.41, 5.74) is 2.07. The fourth-order valence-electron chi connectivity index (χ4n) is 4.52. The lowest BCUT2D eigenvalue weighted by Crippen LogP contribution is -2.48. The number of rotatable bonds is 3. The quantitative estimate of drug-likeness (QED) is 0.775. The van der Waals surface area contributed by atoms with Crippen molar-refractivity contribution in [3.8, 4) is 0 Å². The van der Waals surface area contributed by atoms with Crippen LogP contribution in [-0.2, 0) is 14.9 Å². The van der Waals surface area contributed by atoms with Crippen LogP contribution in [0.2, 0.25) is 0 Å². The summed E-state index contributed by atoms with van der Waals surface area (Å²) in [6, 6.07) is 11.0. The molecule has 1 aromatic carbocycles. The third-order valence-corrected chi connectivity index (χ3v) is 6.16. The molecular formula is C18H24O2. The second-order valence-corrected chi connectivity index (χ2v) is 6.75. The summed E-state index contributed by atoms with van der Waals surface area (Å²) in [7, 11) is 1.51. The summed E-state index contributed by atoms with van der Waals surface area (Å²) in [5.74, 6) is 0.0145. The number of methoxy groups -OCH3 is 1. The molecule has 0 heterocycles. The second kappa shape index (κ2) is 4.91. The van der Waals surface area contributed by atoms with E-state index in [0.29, 0.717) is 5.41 Å². The molecule has 1 aromatic rings. The van der Waals surface area contributed by atoms with E-state index >= 15 is 0 Å². The van der Waals surface area contributed by atoms with Gasteiger partial charge in [0.25, 0.3) is 0 Å². The third-order valence-electron chi connectivity index (χ3n) is 6.16. The van der Waals surface area contributed by atoms with E-state index in [2.05, 4.69) is 37.3 Å². The van der Waals surface area contributed by atoms with Crippen molar-refractivity contribution in [2.45, 2.75) is 50.9 Å². The highest BCUT2D eigenvalue weighted by molar-refractivity contribution is 5.73. The number of hydrogen-bond acceptors (Lipinski definition) is 2. The maximum atomic E-state index is 11.9. The first kappa shape index (κ1) is 13.7. The van der Waals surface area contributed by atoms with E-state index < -0.39 is 0 Å². The predicted molar refractivity (Wildman–Crippen MR) is 79.4 cm³/mol. The van der Waals surface area contributed by atoms with Crippen LogP contribution < -0.4 is 0 Å². The average Bonchev–Trinajstić information content (AvgIpc) is 2.56. The van der Waals surface area contributed by atoms with Gasteiger partial charge in [-0.25, -0.2) is 0 Å². The lowest BCUT2D eigenvalue weighted by Gasteiger charge is -2.55. The number of fused-ring (bicyclic) bond motifs is 3. The van der Waals surface area contributed by atoms with Crippen LogP contribution in [0.25, 0.3) is 0 Å². The van der Waals surface area contributed by atoms with Gasteiger partial charge in [0, 0.05) is 0 Å². The number of hydrogen-bond donors (Lipinski definition) is 0. The van der Waals surface area contributed by atoms with Gasteiger partial charge in [0.15, 0.2) is 0 Å². The molecule has 0 radical (unpaired) electrons. The van der Waals surface area contributed by atoms with Gasteiger partial charge in [-0.05, 0) is 54.9 Å². The monoisotopic (exact) mass is 272 g/mol. The Balaban J connectivity index is 1.80. The molecule has 3 saturated carbocycles. The Morgan fingerprint density at radius 2 is 1.60 bits per heavy atom. The van der Waals surface area contributed by atoms with Gasteiger partial charge in [-0.3, -0.25) is 4.79 Å². The van der Waals surface area contributed by atoms with Crippen LogP contribution in [0.4, 0.5) is 0 Å². The van der Waals surface area contributed by atoms with Gasteiger partial charge in [0.05, 0.1) is 13.0 Å². The van der Waals surface area contributed by atoms with Crippen LogP contribution >= 0.6 is 0 Å². The van der Waals surface area contributed by atoms with Crippen LogP contribution in [0, 0.1) is 11.3 Å². The van der Waals surface area contributed by atoms with E-state index in [1.165, 1.54) is 31.9 Å². The Kier molecular flexibility index (Phi) is 3.35. The maximum absolute atomic E-state index is 11.9. The fraction of sp³-hybridized carbons (Fsp3) is 0.611. The zero-order chi connectivity index (χ0) is 14.2. The fourth-order valence-corrected chi connectivity index (χ4v) is 4.52. The van der Waals surface area contributed by atoms with Crippen LogP contribution in [0.3, 0.4) is 0 Å². The molecular weight excluding hydrogens is 248 g/mol. The van der Waals surface area contributed by atoms with Crippen molar-refractivity contribution in [1.29, 1.82) is 0 Å². The molecule has 20 heavy (non-hydrogen) atoms. The highest BCUT2D eigenvalue weighted by Gasteiger charge is 2.53. The van der Waals surface area contributed by atoms with Crippen LogP contribution in [0.1, 0.15) is 51.0 Å². The van der Waals surface area contributed by atoms with Crippen LogP contribution in [0.5, 0.6) is 0 Å². The Bertz CT molecular complexity index is 467. The first-order chi connectivity index (χ1) is 9.62. The summed E-state index contributed by atoms with van der Waals surface area (Å²) < 4.78 is 4.98. The summed E-state index contributed by atoms with van der Waals surface area (Å²) in [6.45, 7) is 2.06. The van der Waals surface area contributed by atoms with Crippen molar-refractivity contribution in [2.24, 2.45) is 11.3 Å². The van der Waals surface area contributed by atoms with Crippen molar-refractivity contribution in [3.05, 3.63) is 35.9 Å². The Labute approximate surface area is 121 Å². The van der Waals surface area contributed by atoms with Crippen LogP contribution in [-0.4, -0.2) is 13.1 Å². The Morgan fingerprint density at radius 3 is 2.10 bits per heavy atom. The Hall–Kier alpha value is -1.31. The maximum Gasteiger partial charge on any atom is 0.308 e. The molecule has 2 heteroatoms. The van der Waals surface area contributed by atoms with E-state index in [9.17, 15) is 4.79 Å². The van der Waals surface area contributed by atoms with Crippen molar-refractivity contribution < 1.29 is 9.53 Å². The van der Waals surface area contributed by atoms with E-state index in [1.54, 1.807) is 0 Å². The van der Waals surface area contributed by atoms with Gasteiger partial charge in [-0.15, -0.1) is 0 Å². The number of carbonyl (C=O) groups excluding carboxylic acids is 1. The van der Waals surface area contributed by atoms with Gasteiger partial charge < -0.3 is 4.74 Å². The molecule has 0 saturated heterocycles. The van der Waals surface area contributed by atoms with Crippen LogP contribution in [0.15, 0.2) is 30.3 Å². The minimum atomic E-state index is -0.0286. The highest BCUT2D eigenvalue weighted by Crippen LogP contribution is 2.60. The molecule has 2 bridgehead atoms. The summed E-state index contributed by atoms with van der Waals surface area (Å²) >= 11 is 0. The van der Waals surface area contributed by atoms with E-state index in [0.717, 1.165) is 19.3 Å². The molecule has 0 aliphatic heterocycles. The van der Waals surface area contributed by atoms with E-state index in [1.807, 2.05) is 0 Å². The van der Waals surface area contributed by atoms with Gasteiger partial charge in [-0.1, -0.05) is 37.3 Å². The van der Waals surface area contributed by atoms with Gasteiger partial charge in [0.2, 0.25) is 0 Å². The lowest BCUT2D eigenvalue weighted by molar-refractivity contribution is -0.153. The number of benzene rings is 1. The first-order valence-corrected chi connectivity index (χ1v) is 7.75. The molecule has 108 valence electrons. The topological polar surface area (TPSA) is 26.3 Å². The molecule has 0 amide bonds. The molecule has 4 rings (SSSR count). The van der Waals surface area contributed by atoms with Crippen molar-refractivity contribution in [3.63, 3.8) is 0 Å². The van der Waals surface area contributed by atoms with Crippen molar-refractivity contribution in [2.75, 3.05) is 7.11 Å². The third kappa shape index (κ3) is 1.97. The summed E-state index contributed by atoms with van der Waals surface area (Å²) in [6.07, 6.45) is 7.16. The van der Waals surface area contributed by atoms with Crippen molar-refractivity contribution >= 4 is 5.97 Å². The minimum Gasteiger partial charge on any atom is -0.469 e. The normalized spacial score (nSPS) is 33.7. The van der Waals surface area contributed by atoms with Gasteiger partial charge in [-0.2, -0.15) is 0 Å². The van der Waals surface area contributed by atoms with Gasteiger partial charge in [0.1, 0.15) is 0 Å². The molecule has 3 fully saturated rings. The Morgan fingerprint density at radius 1 is 1.05 bits per heavy atom. The standard InChI is InChI=1S/C18H24O2/c1-14(16(19)20-2)17-8-11-18(12-9-17,13-10-17)15-6-4-3-5-7-15/h3-7,14H,8-13H2,1-2H3. The number of esters is 1. The molecule has 2 nitrogen and oxygen atoms in total. The molecule has 0 N–H and O–H groups in total. The summed E-state index contributed by atoms with van der Waals surface area (Å²) in [5, 5.41) is 0. The molecule has 1 atom stereocenters. The highest BCUT2D eigenvalue weighted by atomic mass is 16.5. The first-order valence-electron chi connectivity index (χ1n) is 7.75. The molecule has 1 unspecified atom stereocenters. The predicted octanol–water partition coefficient (Wildman–Crippen LogP) is 4.09. The largest absolute Gasteiger partial charge is 0.469 e. The SMILES string of the molecule is COC(=O)C(C)C12CCC(c3ccccc3)(CC1)CC2.